The maximum atomic E-state index is 10.8. The molecular formula is C14H22O6. The highest BCUT2D eigenvalue weighted by atomic mass is 16.6. The lowest BCUT2D eigenvalue weighted by Crippen LogP contribution is -2.14. The Bertz CT molecular complexity index is 342. The number of hydrogen-bond donors (Lipinski definition) is 0. The van der Waals surface area contributed by atoms with E-state index in [9.17, 15) is 14.4 Å². The van der Waals surface area contributed by atoms with E-state index in [1.807, 2.05) is 0 Å². The van der Waals surface area contributed by atoms with Crippen molar-refractivity contribution in [1.82, 2.24) is 0 Å². The third-order valence-electron chi connectivity index (χ3n) is 1.59. The fraction of sp³-hybridized carbons (Fsp3) is 0.500. The summed E-state index contributed by atoms with van der Waals surface area (Å²) in [5.74, 6) is -1.19. The van der Waals surface area contributed by atoms with Gasteiger partial charge in [0.15, 0.2) is 0 Å². The average molecular weight is 286 g/mol. The van der Waals surface area contributed by atoms with E-state index in [0.717, 1.165) is 0 Å². The lowest BCUT2D eigenvalue weighted by molar-refractivity contribution is -0.147. The van der Waals surface area contributed by atoms with Crippen LogP contribution in [-0.2, 0) is 28.6 Å². The second-order valence-electron chi connectivity index (χ2n) is 3.76. The number of esters is 3. The molecule has 0 aromatic rings. The first-order valence-electron chi connectivity index (χ1n) is 6.00. The summed E-state index contributed by atoms with van der Waals surface area (Å²) in [6.07, 6.45) is 0. The molecule has 0 spiro atoms. The summed E-state index contributed by atoms with van der Waals surface area (Å²) in [6.45, 7) is 13.6. The maximum absolute atomic E-state index is 10.8. The van der Waals surface area contributed by atoms with Gasteiger partial charge in [-0.05, 0) is 20.8 Å². The minimum Gasteiger partial charge on any atom is -0.466 e. The Labute approximate surface area is 119 Å². The minimum atomic E-state index is -0.489. The van der Waals surface area contributed by atoms with Crippen LogP contribution >= 0.6 is 0 Å². The van der Waals surface area contributed by atoms with E-state index in [1.165, 1.54) is 6.92 Å². The lowest BCUT2D eigenvalue weighted by atomic mass is 10.4. The van der Waals surface area contributed by atoms with Crippen molar-refractivity contribution in [2.75, 3.05) is 19.8 Å². The first-order valence-corrected chi connectivity index (χ1v) is 6.00. The molecule has 0 radical (unpaired) electrons. The molecular weight excluding hydrogens is 264 g/mol. The predicted molar refractivity (Wildman–Crippen MR) is 73.9 cm³/mol. The van der Waals surface area contributed by atoms with Crippen LogP contribution in [0, 0.1) is 0 Å². The molecule has 0 unspecified atom stereocenters. The van der Waals surface area contributed by atoms with E-state index in [1.54, 1.807) is 20.8 Å². The third kappa shape index (κ3) is 14.0. The van der Waals surface area contributed by atoms with E-state index >= 15 is 0 Å². The molecule has 0 amide bonds. The summed E-state index contributed by atoms with van der Waals surface area (Å²) >= 11 is 0. The zero-order chi connectivity index (χ0) is 16.1. The highest BCUT2D eigenvalue weighted by molar-refractivity contribution is 5.87. The minimum absolute atomic E-state index is 0.0325. The molecule has 0 fully saturated rings. The van der Waals surface area contributed by atoms with Gasteiger partial charge in [0.2, 0.25) is 0 Å². The van der Waals surface area contributed by atoms with Gasteiger partial charge in [-0.25, -0.2) is 9.59 Å². The van der Waals surface area contributed by atoms with Gasteiger partial charge in [0.25, 0.3) is 0 Å². The van der Waals surface area contributed by atoms with Crippen LogP contribution in [0.1, 0.15) is 27.7 Å². The molecule has 0 aliphatic rings. The van der Waals surface area contributed by atoms with Crippen molar-refractivity contribution < 1.29 is 28.6 Å². The van der Waals surface area contributed by atoms with Crippen molar-refractivity contribution in [3.8, 4) is 0 Å². The van der Waals surface area contributed by atoms with Gasteiger partial charge in [-0.15, -0.1) is 0 Å². The third-order valence-corrected chi connectivity index (χ3v) is 1.59. The molecule has 6 heteroatoms. The van der Waals surface area contributed by atoms with Gasteiger partial charge >= 0.3 is 17.9 Å². The molecule has 0 aromatic heterocycles. The van der Waals surface area contributed by atoms with Crippen LogP contribution in [0.5, 0.6) is 0 Å². The van der Waals surface area contributed by atoms with Gasteiger partial charge in [0.1, 0.15) is 13.2 Å². The van der Waals surface area contributed by atoms with Gasteiger partial charge in [0, 0.05) is 18.1 Å². The van der Waals surface area contributed by atoms with Gasteiger partial charge in [-0.2, -0.15) is 0 Å². The molecule has 0 aliphatic heterocycles. The first-order chi connectivity index (χ1) is 9.22. The second-order valence-corrected chi connectivity index (χ2v) is 3.76. The molecule has 0 saturated heterocycles. The van der Waals surface area contributed by atoms with Crippen molar-refractivity contribution in [2.24, 2.45) is 0 Å². The SMILES string of the molecule is C=C(C)C(=O)OCCOC(=O)C(=C)C.CCOC(C)=O. The summed E-state index contributed by atoms with van der Waals surface area (Å²) in [5.41, 5.74) is 0.632. The van der Waals surface area contributed by atoms with E-state index in [0.29, 0.717) is 17.8 Å². The normalized spacial score (nSPS) is 8.60. The number of rotatable bonds is 6. The van der Waals surface area contributed by atoms with E-state index < -0.39 is 11.9 Å². The fourth-order valence-corrected chi connectivity index (χ4v) is 0.718. The van der Waals surface area contributed by atoms with Crippen LogP contribution in [0.25, 0.3) is 0 Å². The Balaban J connectivity index is 0. The van der Waals surface area contributed by atoms with Crippen LogP contribution in [-0.4, -0.2) is 37.7 Å². The van der Waals surface area contributed by atoms with Crippen LogP contribution in [0.15, 0.2) is 24.3 Å². The van der Waals surface area contributed by atoms with Crippen molar-refractivity contribution >= 4 is 17.9 Å². The molecule has 0 heterocycles. The van der Waals surface area contributed by atoms with Gasteiger partial charge in [0.05, 0.1) is 6.61 Å². The molecule has 6 nitrogen and oxygen atoms in total. The van der Waals surface area contributed by atoms with Crippen LogP contribution in [0.2, 0.25) is 0 Å². The Kier molecular flexibility index (Phi) is 12.1. The van der Waals surface area contributed by atoms with Crippen molar-refractivity contribution in [3.05, 3.63) is 24.3 Å². The highest BCUT2D eigenvalue weighted by Crippen LogP contribution is 1.94. The maximum Gasteiger partial charge on any atom is 0.333 e. The van der Waals surface area contributed by atoms with Crippen LogP contribution in [0.3, 0.4) is 0 Å². The molecule has 0 aliphatic carbocycles. The molecule has 0 bridgehead atoms. The largest absolute Gasteiger partial charge is 0.466 e. The number of hydrogen-bond acceptors (Lipinski definition) is 6. The Morgan fingerprint density at radius 1 is 0.800 bits per heavy atom. The highest BCUT2D eigenvalue weighted by Gasteiger charge is 2.05. The quantitative estimate of drug-likeness (QED) is 0.320. The standard InChI is InChI=1S/C10H14O4.C4H8O2/c1-7(2)9(11)13-5-6-14-10(12)8(3)4;1-3-6-4(2)5/h1,3,5-6H2,2,4H3;3H2,1-2H3. The van der Waals surface area contributed by atoms with E-state index in [-0.39, 0.29) is 19.2 Å². The monoisotopic (exact) mass is 286 g/mol. The molecule has 114 valence electrons. The summed E-state index contributed by atoms with van der Waals surface area (Å²) in [4.78, 5) is 31.5. The number of carbonyl (C=O) groups is 3. The Morgan fingerprint density at radius 2 is 1.15 bits per heavy atom. The van der Waals surface area contributed by atoms with Gasteiger partial charge in [-0.1, -0.05) is 13.2 Å². The lowest BCUT2D eigenvalue weighted by Gasteiger charge is -2.05. The van der Waals surface area contributed by atoms with Gasteiger partial charge < -0.3 is 14.2 Å². The number of ether oxygens (including phenoxy) is 3. The van der Waals surface area contributed by atoms with E-state index in [4.69, 9.17) is 0 Å². The van der Waals surface area contributed by atoms with Crippen molar-refractivity contribution in [3.63, 3.8) is 0 Å². The van der Waals surface area contributed by atoms with Gasteiger partial charge in [-0.3, -0.25) is 4.79 Å². The summed E-state index contributed by atoms with van der Waals surface area (Å²) in [5, 5.41) is 0. The van der Waals surface area contributed by atoms with Crippen LogP contribution in [0.4, 0.5) is 0 Å². The molecule has 0 N–H and O–H groups in total. The summed E-state index contributed by atoms with van der Waals surface area (Å²) in [6, 6.07) is 0. The smallest absolute Gasteiger partial charge is 0.333 e. The second kappa shape index (κ2) is 12.0. The Hall–Kier alpha value is -2.11. The zero-order valence-electron chi connectivity index (χ0n) is 12.5. The number of carbonyl (C=O) groups excluding carboxylic acids is 3. The Morgan fingerprint density at radius 3 is 1.30 bits per heavy atom. The molecule has 0 rings (SSSR count). The molecule has 0 atom stereocenters. The van der Waals surface area contributed by atoms with E-state index in [2.05, 4.69) is 27.4 Å². The molecule has 0 saturated carbocycles. The zero-order valence-corrected chi connectivity index (χ0v) is 12.5. The summed E-state index contributed by atoms with van der Waals surface area (Å²) in [7, 11) is 0. The van der Waals surface area contributed by atoms with Crippen LogP contribution < -0.4 is 0 Å². The van der Waals surface area contributed by atoms with Crippen molar-refractivity contribution in [2.45, 2.75) is 27.7 Å². The molecule has 0 aromatic carbocycles. The molecule has 20 heavy (non-hydrogen) atoms. The summed E-state index contributed by atoms with van der Waals surface area (Å²) < 4.78 is 13.8. The van der Waals surface area contributed by atoms with Crippen molar-refractivity contribution in [1.29, 1.82) is 0 Å². The fourth-order valence-electron chi connectivity index (χ4n) is 0.718. The average Bonchev–Trinajstić information content (AvgIpc) is 2.34. The topological polar surface area (TPSA) is 78.9 Å². The predicted octanol–water partition coefficient (Wildman–Crippen LogP) is 1.79. The first kappa shape index (κ1) is 20.2.